The second-order valence-electron chi connectivity index (χ2n) is 8.04. The summed E-state index contributed by atoms with van der Waals surface area (Å²) in [6.45, 7) is 0. The van der Waals surface area contributed by atoms with Gasteiger partial charge in [-0.3, -0.25) is 0 Å². The van der Waals surface area contributed by atoms with Crippen LogP contribution in [0.4, 0.5) is 0 Å². The van der Waals surface area contributed by atoms with Crippen LogP contribution in [0.3, 0.4) is 0 Å². The highest BCUT2D eigenvalue weighted by Gasteiger charge is 2.14. The maximum absolute atomic E-state index is 9.27. The van der Waals surface area contributed by atoms with Gasteiger partial charge in [-0.2, -0.15) is 5.26 Å². The minimum Gasteiger partial charge on any atom is -0.309 e. The van der Waals surface area contributed by atoms with Crippen molar-refractivity contribution in [3.63, 3.8) is 0 Å². The van der Waals surface area contributed by atoms with Crippen molar-refractivity contribution in [3.05, 3.63) is 121 Å². The van der Waals surface area contributed by atoms with Crippen LogP contribution in [0, 0.1) is 11.3 Å². The van der Waals surface area contributed by atoms with Crippen LogP contribution >= 0.6 is 0 Å². The van der Waals surface area contributed by atoms with Gasteiger partial charge >= 0.3 is 0 Å². The summed E-state index contributed by atoms with van der Waals surface area (Å²) in [5.74, 6) is 0. The first-order valence-electron chi connectivity index (χ1n) is 10.9. The summed E-state index contributed by atoms with van der Waals surface area (Å²) in [4.78, 5) is 4.12. The third-order valence-electron chi connectivity index (χ3n) is 6.10. The molecule has 0 atom stereocenters. The van der Waals surface area contributed by atoms with Crippen molar-refractivity contribution >= 4 is 21.8 Å². The Morgan fingerprint density at radius 2 is 1.15 bits per heavy atom. The molecule has 33 heavy (non-hydrogen) atoms. The Balaban J connectivity index is 1.66. The van der Waals surface area contributed by atoms with Crippen molar-refractivity contribution in [2.24, 2.45) is 0 Å². The van der Waals surface area contributed by atoms with E-state index in [-0.39, 0.29) is 0 Å². The van der Waals surface area contributed by atoms with E-state index in [4.69, 9.17) is 0 Å². The van der Waals surface area contributed by atoms with Crippen molar-refractivity contribution < 1.29 is 0 Å². The van der Waals surface area contributed by atoms with Gasteiger partial charge in [-0.05, 0) is 58.7 Å². The smallest absolute Gasteiger partial charge is 0.141 e. The number of benzene rings is 4. The molecule has 0 spiro atoms. The van der Waals surface area contributed by atoms with Crippen LogP contribution in [0.1, 0.15) is 5.69 Å². The first-order valence-corrected chi connectivity index (χ1v) is 10.9. The molecule has 6 aromatic rings. The average molecular weight is 422 g/mol. The molecular formula is C30H19N3. The molecule has 6 rings (SSSR count). The van der Waals surface area contributed by atoms with E-state index in [0.29, 0.717) is 5.69 Å². The predicted octanol–water partition coefficient (Wildman–Crippen LogP) is 7.38. The molecule has 0 aliphatic heterocycles. The molecule has 0 amide bonds. The van der Waals surface area contributed by atoms with E-state index >= 15 is 0 Å². The first-order chi connectivity index (χ1) is 16.3. The number of rotatable bonds is 3. The van der Waals surface area contributed by atoms with Gasteiger partial charge in [-0.25, -0.2) is 4.98 Å². The fraction of sp³-hybridized carbons (Fsp3) is 0. The number of hydrogen-bond donors (Lipinski definition) is 0. The molecule has 3 nitrogen and oxygen atoms in total. The molecule has 0 aliphatic carbocycles. The summed E-state index contributed by atoms with van der Waals surface area (Å²) in [7, 11) is 0. The number of pyridine rings is 1. The Morgan fingerprint density at radius 3 is 1.79 bits per heavy atom. The van der Waals surface area contributed by atoms with Crippen LogP contribution in [-0.2, 0) is 0 Å². The lowest BCUT2D eigenvalue weighted by atomic mass is 10.0. The average Bonchev–Trinajstić information content (AvgIpc) is 3.22. The number of aromatic nitrogens is 2. The van der Waals surface area contributed by atoms with Crippen molar-refractivity contribution in [2.75, 3.05) is 0 Å². The zero-order valence-electron chi connectivity index (χ0n) is 17.8. The normalized spacial score (nSPS) is 11.0. The zero-order valence-corrected chi connectivity index (χ0v) is 17.8. The minimum absolute atomic E-state index is 0.420. The van der Waals surface area contributed by atoms with Crippen LogP contribution in [0.2, 0.25) is 0 Å². The summed E-state index contributed by atoms with van der Waals surface area (Å²) in [6.07, 6.45) is 1.69. The molecule has 0 bridgehead atoms. The molecule has 0 unspecified atom stereocenters. The number of hydrogen-bond acceptors (Lipinski definition) is 2. The van der Waals surface area contributed by atoms with Crippen LogP contribution in [0.5, 0.6) is 0 Å². The summed E-state index contributed by atoms with van der Waals surface area (Å²) in [5, 5.41) is 11.7. The van der Waals surface area contributed by atoms with E-state index in [2.05, 4.69) is 101 Å². The van der Waals surface area contributed by atoms with Gasteiger partial charge in [-0.1, -0.05) is 72.8 Å². The molecule has 0 N–H and O–H groups in total. The Kier molecular flexibility index (Phi) is 4.49. The third-order valence-corrected chi connectivity index (χ3v) is 6.10. The van der Waals surface area contributed by atoms with Gasteiger partial charge in [0, 0.05) is 22.7 Å². The number of nitriles is 1. The molecule has 0 saturated carbocycles. The lowest BCUT2D eigenvalue weighted by Crippen LogP contribution is -1.94. The van der Waals surface area contributed by atoms with Gasteiger partial charge in [0.15, 0.2) is 0 Å². The summed E-state index contributed by atoms with van der Waals surface area (Å²) >= 11 is 0. The van der Waals surface area contributed by atoms with Gasteiger partial charge in [0.05, 0.1) is 11.0 Å². The highest BCUT2D eigenvalue weighted by atomic mass is 15.0. The zero-order chi connectivity index (χ0) is 22.2. The standard InChI is InChI=1S/C30H19N3/c31-20-25-17-24(15-16-32-25)23-12-14-28-27-13-11-22(21-7-3-1-4-8-21)18-29(27)33(30(28)19-23)26-9-5-2-6-10-26/h1-19H. The maximum atomic E-state index is 9.27. The first kappa shape index (κ1) is 19.0. The summed E-state index contributed by atoms with van der Waals surface area (Å²) in [5.41, 5.74) is 8.28. The molecule has 0 saturated heterocycles. The summed E-state index contributed by atoms with van der Waals surface area (Å²) in [6, 6.07) is 40.1. The highest BCUT2D eigenvalue weighted by molar-refractivity contribution is 6.11. The highest BCUT2D eigenvalue weighted by Crippen LogP contribution is 2.36. The molecule has 4 aromatic carbocycles. The molecule has 3 heteroatoms. The van der Waals surface area contributed by atoms with Crippen molar-refractivity contribution in [1.29, 1.82) is 5.26 Å². The fourth-order valence-corrected chi connectivity index (χ4v) is 4.53. The van der Waals surface area contributed by atoms with Gasteiger partial charge in [0.2, 0.25) is 0 Å². The topological polar surface area (TPSA) is 41.6 Å². The lowest BCUT2D eigenvalue weighted by molar-refractivity contribution is 1.18. The Labute approximate surface area is 191 Å². The van der Waals surface area contributed by atoms with Crippen LogP contribution < -0.4 is 0 Å². The summed E-state index contributed by atoms with van der Waals surface area (Å²) < 4.78 is 2.33. The Bertz CT molecular complexity index is 1660. The largest absolute Gasteiger partial charge is 0.309 e. The Morgan fingerprint density at radius 1 is 0.576 bits per heavy atom. The molecule has 0 fully saturated rings. The number of fused-ring (bicyclic) bond motifs is 3. The molecule has 2 heterocycles. The van der Waals surface area contributed by atoms with E-state index < -0.39 is 0 Å². The monoisotopic (exact) mass is 421 g/mol. The van der Waals surface area contributed by atoms with E-state index in [0.717, 1.165) is 22.3 Å². The van der Waals surface area contributed by atoms with Crippen LogP contribution in [0.25, 0.3) is 49.7 Å². The van der Waals surface area contributed by atoms with Crippen molar-refractivity contribution in [2.45, 2.75) is 0 Å². The second-order valence-corrected chi connectivity index (χ2v) is 8.04. The molecule has 154 valence electrons. The predicted molar refractivity (Wildman–Crippen MR) is 134 cm³/mol. The number of para-hydroxylation sites is 1. The quantitative estimate of drug-likeness (QED) is 0.299. The minimum atomic E-state index is 0.420. The van der Waals surface area contributed by atoms with E-state index in [9.17, 15) is 5.26 Å². The molecule has 0 radical (unpaired) electrons. The van der Waals surface area contributed by atoms with Gasteiger partial charge < -0.3 is 4.57 Å². The third kappa shape index (κ3) is 3.26. The SMILES string of the molecule is N#Cc1cc(-c2ccc3c4ccc(-c5ccccc5)cc4n(-c4ccccc4)c3c2)ccn1. The van der Waals surface area contributed by atoms with Gasteiger partial charge in [0.25, 0.3) is 0 Å². The van der Waals surface area contributed by atoms with E-state index in [1.54, 1.807) is 6.20 Å². The van der Waals surface area contributed by atoms with E-state index in [1.807, 2.05) is 24.3 Å². The maximum Gasteiger partial charge on any atom is 0.141 e. The fourth-order valence-electron chi connectivity index (χ4n) is 4.53. The second kappa shape index (κ2) is 7.78. The Hall–Kier alpha value is -4.68. The van der Waals surface area contributed by atoms with Gasteiger partial charge in [0.1, 0.15) is 11.8 Å². The molecular weight excluding hydrogens is 402 g/mol. The van der Waals surface area contributed by atoms with Crippen molar-refractivity contribution in [3.8, 4) is 34.0 Å². The lowest BCUT2D eigenvalue weighted by Gasteiger charge is -2.10. The van der Waals surface area contributed by atoms with Crippen LogP contribution in [0.15, 0.2) is 115 Å². The van der Waals surface area contributed by atoms with Crippen LogP contribution in [-0.4, -0.2) is 9.55 Å². The van der Waals surface area contributed by atoms with E-state index in [1.165, 1.54) is 27.4 Å². The van der Waals surface area contributed by atoms with Gasteiger partial charge in [-0.15, -0.1) is 0 Å². The number of nitrogens with zero attached hydrogens (tertiary/aromatic N) is 3. The molecule has 0 aliphatic rings. The molecule has 2 aromatic heterocycles. The van der Waals surface area contributed by atoms with Crippen molar-refractivity contribution in [1.82, 2.24) is 9.55 Å².